The van der Waals surface area contributed by atoms with Crippen molar-refractivity contribution in [1.29, 1.82) is 0 Å². The highest BCUT2D eigenvalue weighted by atomic mass is 16.5. The third-order valence-corrected chi connectivity index (χ3v) is 6.63. The largest absolute Gasteiger partial charge is 0.465 e. The van der Waals surface area contributed by atoms with Crippen LogP contribution in [-0.4, -0.2) is 52.3 Å². The van der Waals surface area contributed by atoms with Crippen LogP contribution in [0, 0.1) is 0 Å². The van der Waals surface area contributed by atoms with Crippen LogP contribution in [0.5, 0.6) is 0 Å². The number of carbonyl (C=O) groups excluding carboxylic acids is 4. The first-order valence-corrected chi connectivity index (χ1v) is 12.8. The summed E-state index contributed by atoms with van der Waals surface area (Å²) < 4.78 is 19.5. The first-order valence-electron chi connectivity index (χ1n) is 12.8. The van der Waals surface area contributed by atoms with Crippen LogP contribution >= 0.6 is 0 Å². The minimum atomic E-state index is -0.466. The van der Waals surface area contributed by atoms with Crippen molar-refractivity contribution >= 4 is 35.0 Å². The lowest BCUT2D eigenvalue weighted by molar-refractivity contribution is 0.0592. The van der Waals surface area contributed by atoms with Gasteiger partial charge < -0.3 is 18.9 Å². The molecule has 0 atom stereocenters. The van der Waals surface area contributed by atoms with E-state index < -0.39 is 23.9 Å². The number of benzene rings is 4. The van der Waals surface area contributed by atoms with Gasteiger partial charge in [0.05, 0.1) is 50.7 Å². The fourth-order valence-corrected chi connectivity index (χ4v) is 4.47. The van der Waals surface area contributed by atoms with Gasteiger partial charge in [0, 0.05) is 0 Å². The molecular weight excluding hydrogens is 536 g/mol. The number of carbonyl (C=O) groups is 4. The first-order chi connectivity index (χ1) is 20.3. The summed E-state index contributed by atoms with van der Waals surface area (Å²) in [5.41, 5.74) is 6.10. The van der Waals surface area contributed by atoms with Gasteiger partial charge in [0.15, 0.2) is 0 Å². The lowest BCUT2D eigenvalue weighted by atomic mass is 9.85. The van der Waals surface area contributed by atoms with Crippen molar-refractivity contribution in [2.45, 2.75) is 0 Å². The molecule has 0 aromatic heterocycles. The summed E-state index contributed by atoms with van der Waals surface area (Å²) >= 11 is 0. The average molecular weight is 565 g/mol. The van der Waals surface area contributed by atoms with E-state index in [9.17, 15) is 19.2 Å². The Labute approximate surface area is 243 Å². The van der Waals surface area contributed by atoms with Gasteiger partial charge in [-0.1, -0.05) is 48.5 Å². The molecule has 0 saturated carbocycles. The van der Waals surface area contributed by atoms with Gasteiger partial charge in [0.1, 0.15) is 0 Å². The van der Waals surface area contributed by atoms with Gasteiger partial charge >= 0.3 is 23.9 Å². The number of esters is 4. The molecule has 0 aliphatic heterocycles. The molecule has 0 bridgehead atoms. The minimum absolute atomic E-state index is 0.382. The Morgan fingerprint density at radius 3 is 0.595 bits per heavy atom. The van der Waals surface area contributed by atoms with Crippen LogP contribution in [0.3, 0.4) is 0 Å². The highest BCUT2D eigenvalue weighted by Gasteiger charge is 2.19. The van der Waals surface area contributed by atoms with Crippen molar-refractivity contribution in [3.63, 3.8) is 0 Å². The lowest BCUT2D eigenvalue weighted by Gasteiger charge is -2.19. The van der Waals surface area contributed by atoms with Crippen molar-refractivity contribution in [1.82, 2.24) is 0 Å². The van der Waals surface area contributed by atoms with Crippen LogP contribution in [0.25, 0.3) is 11.1 Å². The Kier molecular flexibility index (Phi) is 9.29. The van der Waals surface area contributed by atoms with Crippen LogP contribution in [0.1, 0.15) is 63.7 Å². The van der Waals surface area contributed by atoms with Gasteiger partial charge in [-0.05, 0) is 81.9 Å². The minimum Gasteiger partial charge on any atom is -0.465 e. The van der Waals surface area contributed by atoms with E-state index in [2.05, 4.69) is 0 Å². The molecule has 0 unspecified atom stereocenters. The van der Waals surface area contributed by atoms with Crippen LogP contribution in [-0.2, 0) is 18.9 Å². The zero-order valence-electron chi connectivity index (χ0n) is 23.5. The molecule has 4 aromatic rings. The summed E-state index contributed by atoms with van der Waals surface area (Å²) in [7, 11) is 5.27. The van der Waals surface area contributed by atoms with E-state index in [-0.39, 0.29) is 0 Å². The molecule has 8 heteroatoms. The predicted octanol–water partition coefficient (Wildman–Crippen LogP) is 5.84. The van der Waals surface area contributed by atoms with Crippen molar-refractivity contribution in [3.8, 4) is 0 Å². The monoisotopic (exact) mass is 564 g/mol. The molecule has 0 amide bonds. The molecule has 0 fully saturated rings. The molecule has 0 aliphatic rings. The average Bonchev–Trinajstić information content (AvgIpc) is 3.06. The zero-order chi connectivity index (χ0) is 30.2. The van der Waals surface area contributed by atoms with Crippen LogP contribution < -0.4 is 0 Å². The topological polar surface area (TPSA) is 105 Å². The maximum Gasteiger partial charge on any atom is 0.337 e. The van der Waals surface area contributed by atoms with Gasteiger partial charge in [-0.25, -0.2) is 19.2 Å². The molecule has 0 N–H and O–H groups in total. The van der Waals surface area contributed by atoms with Crippen LogP contribution in [0.2, 0.25) is 0 Å². The van der Waals surface area contributed by atoms with E-state index >= 15 is 0 Å². The quantitative estimate of drug-likeness (QED) is 0.149. The zero-order valence-corrected chi connectivity index (χ0v) is 23.5. The van der Waals surface area contributed by atoms with Crippen molar-refractivity contribution < 1.29 is 38.1 Å². The normalized spacial score (nSPS) is 10.3. The lowest BCUT2D eigenvalue weighted by Crippen LogP contribution is -2.04. The van der Waals surface area contributed by atoms with E-state index in [1.807, 2.05) is 0 Å². The second-order valence-electron chi connectivity index (χ2n) is 9.03. The second-order valence-corrected chi connectivity index (χ2v) is 9.03. The molecule has 212 valence electrons. The molecule has 0 spiro atoms. The fourth-order valence-electron chi connectivity index (χ4n) is 4.47. The van der Waals surface area contributed by atoms with E-state index in [1.165, 1.54) is 28.4 Å². The fraction of sp³-hybridized carbons (Fsp3) is 0.118. The Balaban J connectivity index is 2.03. The van der Waals surface area contributed by atoms with Gasteiger partial charge in [-0.2, -0.15) is 0 Å². The van der Waals surface area contributed by atoms with Gasteiger partial charge in [0.25, 0.3) is 0 Å². The second kappa shape index (κ2) is 13.2. The van der Waals surface area contributed by atoms with Crippen molar-refractivity contribution in [3.05, 3.63) is 142 Å². The molecule has 4 rings (SSSR count). The molecule has 0 radical (unpaired) electrons. The number of methoxy groups -OCH3 is 4. The third kappa shape index (κ3) is 6.28. The summed E-state index contributed by atoms with van der Waals surface area (Å²) in [5.74, 6) is -1.86. The van der Waals surface area contributed by atoms with Crippen molar-refractivity contribution in [2.75, 3.05) is 28.4 Å². The smallest absolute Gasteiger partial charge is 0.337 e. The van der Waals surface area contributed by atoms with Gasteiger partial charge in [-0.3, -0.25) is 0 Å². The Morgan fingerprint density at radius 1 is 0.310 bits per heavy atom. The van der Waals surface area contributed by atoms with Gasteiger partial charge in [-0.15, -0.1) is 0 Å². The van der Waals surface area contributed by atoms with E-state index in [0.717, 1.165) is 33.4 Å². The van der Waals surface area contributed by atoms with Crippen LogP contribution in [0.4, 0.5) is 0 Å². The molecular formula is C34H28O8. The molecule has 0 heterocycles. The number of rotatable bonds is 8. The Bertz CT molecular complexity index is 1380. The summed E-state index contributed by atoms with van der Waals surface area (Å²) in [5, 5.41) is 0. The highest BCUT2D eigenvalue weighted by molar-refractivity contribution is 6.06. The molecule has 42 heavy (non-hydrogen) atoms. The third-order valence-electron chi connectivity index (χ3n) is 6.63. The summed E-state index contributed by atoms with van der Waals surface area (Å²) in [6.45, 7) is 0. The van der Waals surface area contributed by atoms with E-state index in [0.29, 0.717) is 22.3 Å². The number of hydrogen-bond acceptors (Lipinski definition) is 8. The summed E-state index contributed by atoms with van der Waals surface area (Å²) in [6, 6.07) is 27.8. The summed E-state index contributed by atoms with van der Waals surface area (Å²) in [6.07, 6.45) is 0. The number of ether oxygens (including phenoxy) is 4. The van der Waals surface area contributed by atoms with Crippen molar-refractivity contribution in [2.24, 2.45) is 0 Å². The molecule has 8 nitrogen and oxygen atoms in total. The highest BCUT2D eigenvalue weighted by Crippen LogP contribution is 2.37. The van der Waals surface area contributed by atoms with E-state index in [4.69, 9.17) is 18.9 Å². The Morgan fingerprint density at radius 2 is 0.452 bits per heavy atom. The van der Waals surface area contributed by atoms with Crippen LogP contribution in [0.15, 0.2) is 97.1 Å². The maximum absolute atomic E-state index is 12.1. The van der Waals surface area contributed by atoms with E-state index in [1.54, 1.807) is 97.1 Å². The molecule has 0 saturated heterocycles. The maximum atomic E-state index is 12.1. The number of hydrogen-bond donors (Lipinski definition) is 0. The first kappa shape index (κ1) is 29.5. The summed E-state index contributed by atoms with van der Waals surface area (Å²) in [4.78, 5) is 48.6. The molecule has 4 aromatic carbocycles. The SMILES string of the molecule is COC(=O)c1ccc(C(=C(c2ccc(C(=O)OC)cc2)c2ccc(C(=O)OC)cc2)c2ccc(C(=O)OC)cc2)cc1. The predicted molar refractivity (Wildman–Crippen MR) is 156 cm³/mol. The molecule has 0 aliphatic carbocycles. The van der Waals surface area contributed by atoms with Gasteiger partial charge in [0.2, 0.25) is 0 Å². The Hall–Kier alpha value is -5.50. The standard InChI is InChI=1S/C34H28O8/c1-39-31(35)25-13-5-21(6-14-25)29(22-7-15-26(16-8-22)32(36)40-2)30(23-9-17-27(18-10-23)33(37)41-3)24-11-19-28(20-12-24)34(38)42-4/h5-20H,1-4H3.